The van der Waals surface area contributed by atoms with Crippen LogP contribution < -0.4 is 0 Å². The predicted molar refractivity (Wildman–Crippen MR) is 53.6 cm³/mol. The summed E-state index contributed by atoms with van der Waals surface area (Å²) in [5.74, 6) is 0. The Morgan fingerprint density at radius 2 is 2.31 bits per heavy atom. The summed E-state index contributed by atoms with van der Waals surface area (Å²) in [5, 5.41) is 0.824. The number of halogens is 1. The molecule has 2 aromatic rings. The lowest BCUT2D eigenvalue weighted by molar-refractivity contribution is 0.556. The van der Waals surface area contributed by atoms with E-state index in [1.54, 1.807) is 18.3 Å². The topological polar surface area (TPSA) is 55.1 Å². The summed E-state index contributed by atoms with van der Waals surface area (Å²) in [7, 11) is 0. The van der Waals surface area contributed by atoms with Crippen LogP contribution in [0.25, 0.3) is 11.0 Å². The van der Waals surface area contributed by atoms with Crippen molar-refractivity contribution in [1.29, 1.82) is 0 Å². The molecule has 0 bridgehead atoms. The second-order valence-electron chi connectivity index (χ2n) is 2.40. The highest BCUT2D eigenvalue weighted by Crippen LogP contribution is 2.22. The maximum absolute atomic E-state index is 10.8. The van der Waals surface area contributed by atoms with Gasteiger partial charge in [0.1, 0.15) is 0 Å². The van der Waals surface area contributed by atoms with Crippen molar-refractivity contribution < 1.29 is 8.76 Å². The fourth-order valence-corrected chi connectivity index (χ4v) is 1.99. The van der Waals surface area contributed by atoms with E-state index in [9.17, 15) is 4.21 Å². The molecule has 0 fully saturated rings. The van der Waals surface area contributed by atoms with E-state index in [1.807, 2.05) is 0 Å². The Labute approximate surface area is 85.1 Å². The summed E-state index contributed by atoms with van der Waals surface area (Å²) < 4.78 is 21.7. The van der Waals surface area contributed by atoms with Crippen LogP contribution in [0.1, 0.15) is 0 Å². The molecule has 0 aromatic carbocycles. The van der Waals surface area contributed by atoms with E-state index < -0.39 is 11.3 Å². The molecule has 0 saturated carbocycles. The van der Waals surface area contributed by atoms with Crippen LogP contribution in [0.15, 0.2) is 29.0 Å². The lowest BCUT2D eigenvalue weighted by atomic mass is 10.3. The Kier molecular flexibility index (Phi) is 2.19. The number of pyridine rings is 1. The van der Waals surface area contributed by atoms with Crippen molar-refractivity contribution in [1.82, 2.24) is 8.96 Å². The maximum Gasteiger partial charge on any atom is 0.267 e. The number of hydrogen-bond acceptors (Lipinski definition) is 2. The SMILES string of the molecule is O=S(O)n1ccc2c(Br)ccnc21. The summed E-state index contributed by atoms with van der Waals surface area (Å²) in [6.45, 7) is 0. The molecule has 6 heteroatoms. The van der Waals surface area contributed by atoms with Crippen molar-refractivity contribution in [2.75, 3.05) is 0 Å². The van der Waals surface area contributed by atoms with E-state index in [-0.39, 0.29) is 0 Å². The zero-order valence-electron chi connectivity index (χ0n) is 6.35. The fourth-order valence-electron chi connectivity index (χ4n) is 1.11. The minimum atomic E-state index is -2.05. The van der Waals surface area contributed by atoms with Gasteiger partial charge in [-0.3, -0.25) is 4.55 Å². The molecular weight excluding hydrogens is 256 g/mol. The van der Waals surface area contributed by atoms with Gasteiger partial charge in [0.05, 0.1) is 0 Å². The van der Waals surface area contributed by atoms with Crippen LogP contribution in [-0.2, 0) is 11.3 Å². The number of rotatable bonds is 1. The van der Waals surface area contributed by atoms with Crippen LogP contribution in [0.5, 0.6) is 0 Å². The third-order valence-electron chi connectivity index (χ3n) is 1.67. The molecular formula is C7H5BrN2O2S. The van der Waals surface area contributed by atoms with Crippen LogP contribution in [0.4, 0.5) is 0 Å². The van der Waals surface area contributed by atoms with Crippen molar-refractivity contribution in [2.24, 2.45) is 0 Å². The fraction of sp³-hybridized carbons (Fsp3) is 0. The lowest BCUT2D eigenvalue weighted by Crippen LogP contribution is -2.01. The van der Waals surface area contributed by atoms with Crippen LogP contribution >= 0.6 is 15.9 Å². The van der Waals surface area contributed by atoms with E-state index in [0.717, 1.165) is 9.86 Å². The van der Waals surface area contributed by atoms with Gasteiger partial charge in [0.15, 0.2) is 5.65 Å². The minimum absolute atomic E-state index is 0.496. The van der Waals surface area contributed by atoms with Gasteiger partial charge in [-0.2, -0.15) is 0 Å². The lowest BCUT2D eigenvalue weighted by Gasteiger charge is -1.97. The summed E-state index contributed by atoms with van der Waals surface area (Å²) >= 11 is 1.28. The van der Waals surface area contributed by atoms with E-state index >= 15 is 0 Å². The molecule has 2 heterocycles. The molecule has 1 unspecified atom stereocenters. The summed E-state index contributed by atoms with van der Waals surface area (Å²) in [6, 6.07) is 3.52. The van der Waals surface area contributed by atoms with Gasteiger partial charge < -0.3 is 0 Å². The summed E-state index contributed by atoms with van der Waals surface area (Å²) in [4.78, 5) is 4.00. The van der Waals surface area contributed by atoms with Gasteiger partial charge >= 0.3 is 0 Å². The second kappa shape index (κ2) is 3.21. The summed E-state index contributed by atoms with van der Waals surface area (Å²) in [5.41, 5.74) is 0.496. The number of nitrogens with zero attached hydrogens (tertiary/aromatic N) is 2. The zero-order chi connectivity index (χ0) is 9.42. The number of aromatic nitrogens is 2. The van der Waals surface area contributed by atoms with Gasteiger partial charge in [0.25, 0.3) is 11.3 Å². The predicted octanol–water partition coefficient (Wildman–Crippen LogP) is 1.78. The molecule has 13 heavy (non-hydrogen) atoms. The van der Waals surface area contributed by atoms with Gasteiger partial charge in [-0.05, 0) is 28.1 Å². The van der Waals surface area contributed by atoms with Crippen LogP contribution in [0.3, 0.4) is 0 Å². The van der Waals surface area contributed by atoms with Gasteiger partial charge in [0, 0.05) is 22.3 Å². The molecule has 0 aliphatic carbocycles. The van der Waals surface area contributed by atoms with Crippen molar-refractivity contribution in [2.45, 2.75) is 0 Å². The zero-order valence-corrected chi connectivity index (χ0v) is 8.75. The Balaban J connectivity index is 2.83. The van der Waals surface area contributed by atoms with E-state index in [0.29, 0.717) is 5.65 Å². The molecule has 2 rings (SSSR count). The molecule has 1 N–H and O–H groups in total. The van der Waals surface area contributed by atoms with Crippen molar-refractivity contribution in [3.8, 4) is 0 Å². The first-order chi connectivity index (χ1) is 6.20. The standard InChI is InChI=1S/C7H5BrN2O2S/c8-6-1-3-9-7-5(6)2-4-10(7)13(11)12/h1-4H,(H,11,12). The third-order valence-corrected chi connectivity index (χ3v) is 2.99. The molecule has 0 saturated heterocycles. The highest BCUT2D eigenvalue weighted by molar-refractivity contribution is 9.10. The van der Waals surface area contributed by atoms with Gasteiger partial charge in [-0.1, -0.05) is 0 Å². The average molecular weight is 261 g/mol. The van der Waals surface area contributed by atoms with Gasteiger partial charge in [-0.15, -0.1) is 0 Å². The second-order valence-corrected chi connectivity index (χ2v) is 4.11. The molecule has 0 aliphatic heterocycles. The number of hydrogen-bond donors (Lipinski definition) is 1. The Hall–Kier alpha value is -0.720. The molecule has 0 amide bonds. The van der Waals surface area contributed by atoms with Gasteiger partial charge in [-0.25, -0.2) is 13.2 Å². The molecule has 1 atom stereocenters. The smallest absolute Gasteiger partial charge is 0.267 e. The Morgan fingerprint density at radius 1 is 1.54 bits per heavy atom. The first kappa shape index (κ1) is 8.86. The first-order valence-corrected chi connectivity index (χ1v) is 5.29. The largest absolute Gasteiger partial charge is 0.289 e. The third kappa shape index (κ3) is 1.41. The highest BCUT2D eigenvalue weighted by Gasteiger charge is 2.07. The van der Waals surface area contributed by atoms with Crippen LogP contribution in [0.2, 0.25) is 0 Å². The minimum Gasteiger partial charge on any atom is -0.289 e. The Bertz CT molecular complexity index is 482. The van der Waals surface area contributed by atoms with Crippen LogP contribution in [0, 0.1) is 0 Å². The van der Waals surface area contributed by atoms with Crippen molar-refractivity contribution in [3.63, 3.8) is 0 Å². The molecule has 0 aliphatic rings. The quantitative estimate of drug-likeness (QED) is 0.796. The summed E-state index contributed by atoms with van der Waals surface area (Å²) in [6.07, 6.45) is 3.11. The molecule has 0 spiro atoms. The molecule has 0 radical (unpaired) electrons. The monoisotopic (exact) mass is 260 g/mol. The first-order valence-electron chi connectivity index (χ1n) is 3.43. The van der Waals surface area contributed by atoms with Crippen molar-refractivity contribution >= 4 is 38.2 Å². The average Bonchev–Trinajstić information content (AvgIpc) is 2.48. The Morgan fingerprint density at radius 3 is 3.00 bits per heavy atom. The molecule has 68 valence electrons. The number of fused-ring (bicyclic) bond motifs is 1. The van der Waals surface area contributed by atoms with Crippen LogP contribution in [-0.4, -0.2) is 17.7 Å². The molecule has 2 aromatic heterocycles. The highest BCUT2D eigenvalue weighted by atomic mass is 79.9. The molecule has 4 nitrogen and oxygen atoms in total. The maximum atomic E-state index is 10.8. The van der Waals surface area contributed by atoms with E-state index in [4.69, 9.17) is 4.55 Å². The van der Waals surface area contributed by atoms with Gasteiger partial charge in [0.2, 0.25) is 0 Å². The van der Waals surface area contributed by atoms with Crippen molar-refractivity contribution in [3.05, 3.63) is 29.0 Å². The van der Waals surface area contributed by atoms with E-state index in [2.05, 4.69) is 20.9 Å². The normalized spacial score (nSPS) is 13.4. The van der Waals surface area contributed by atoms with E-state index in [1.165, 1.54) is 10.2 Å².